The van der Waals surface area contributed by atoms with Crippen LogP contribution in [0.4, 0.5) is 11.5 Å². The number of aromatic nitrogens is 2. The molecule has 0 radical (unpaired) electrons. The SMILES string of the molecule is COc1ncnc(N2CCNCc3ccccc32)c1C. The highest BCUT2D eigenvalue weighted by atomic mass is 16.5. The van der Waals surface area contributed by atoms with E-state index >= 15 is 0 Å². The quantitative estimate of drug-likeness (QED) is 0.905. The highest BCUT2D eigenvalue weighted by molar-refractivity contribution is 5.67. The first-order valence-electron chi connectivity index (χ1n) is 6.73. The van der Waals surface area contributed by atoms with Crippen LogP contribution in [-0.4, -0.2) is 30.2 Å². The molecule has 0 aliphatic carbocycles. The van der Waals surface area contributed by atoms with Crippen molar-refractivity contribution in [2.45, 2.75) is 13.5 Å². The van der Waals surface area contributed by atoms with E-state index in [1.807, 2.05) is 6.92 Å². The Hall–Kier alpha value is -2.14. The number of hydrogen-bond acceptors (Lipinski definition) is 5. The minimum absolute atomic E-state index is 0.629. The van der Waals surface area contributed by atoms with Crippen LogP contribution in [0.2, 0.25) is 0 Å². The molecule has 1 aromatic heterocycles. The topological polar surface area (TPSA) is 50.3 Å². The third kappa shape index (κ3) is 2.20. The minimum atomic E-state index is 0.629. The summed E-state index contributed by atoms with van der Waals surface area (Å²) in [6, 6.07) is 8.41. The zero-order valence-corrected chi connectivity index (χ0v) is 11.8. The van der Waals surface area contributed by atoms with E-state index < -0.39 is 0 Å². The van der Waals surface area contributed by atoms with Gasteiger partial charge in [0.15, 0.2) is 0 Å². The molecular formula is C15H18N4O. The number of hydrogen-bond donors (Lipinski definition) is 1. The Morgan fingerprint density at radius 1 is 1.25 bits per heavy atom. The Labute approximate surface area is 118 Å². The Morgan fingerprint density at radius 3 is 2.95 bits per heavy atom. The minimum Gasteiger partial charge on any atom is -0.481 e. The molecule has 1 aromatic carbocycles. The number of nitrogens with zero attached hydrogens (tertiary/aromatic N) is 3. The second-order valence-electron chi connectivity index (χ2n) is 4.79. The van der Waals surface area contributed by atoms with Gasteiger partial charge in [-0.1, -0.05) is 18.2 Å². The molecule has 20 heavy (non-hydrogen) atoms. The van der Waals surface area contributed by atoms with Crippen LogP contribution in [0, 0.1) is 6.92 Å². The number of nitrogens with one attached hydrogen (secondary N) is 1. The zero-order valence-electron chi connectivity index (χ0n) is 11.8. The molecule has 0 saturated heterocycles. The van der Waals surface area contributed by atoms with Gasteiger partial charge < -0.3 is 15.0 Å². The maximum Gasteiger partial charge on any atom is 0.221 e. The van der Waals surface area contributed by atoms with E-state index in [4.69, 9.17) is 4.74 Å². The maximum absolute atomic E-state index is 5.30. The number of anilines is 2. The van der Waals surface area contributed by atoms with Gasteiger partial charge in [-0.25, -0.2) is 9.97 Å². The molecule has 5 heteroatoms. The first-order chi connectivity index (χ1) is 9.81. The van der Waals surface area contributed by atoms with Gasteiger partial charge in [0, 0.05) is 25.3 Å². The lowest BCUT2D eigenvalue weighted by atomic mass is 10.1. The fourth-order valence-corrected chi connectivity index (χ4v) is 2.58. The van der Waals surface area contributed by atoms with Crippen LogP contribution in [0.15, 0.2) is 30.6 Å². The molecule has 2 heterocycles. The van der Waals surface area contributed by atoms with Crippen molar-refractivity contribution in [3.63, 3.8) is 0 Å². The maximum atomic E-state index is 5.30. The molecule has 2 aromatic rings. The van der Waals surface area contributed by atoms with Crippen molar-refractivity contribution in [3.8, 4) is 5.88 Å². The molecular weight excluding hydrogens is 252 g/mol. The fraction of sp³-hybridized carbons (Fsp3) is 0.333. The van der Waals surface area contributed by atoms with Crippen molar-refractivity contribution in [1.29, 1.82) is 0 Å². The van der Waals surface area contributed by atoms with Crippen LogP contribution in [0.5, 0.6) is 5.88 Å². The lowest BCUT2D eigenvalue weighted by molar-refractivity contribution is 0.393. The molecule has 104 valence electrons. The molecule has 1 aliphatic heterocycles. The standard InChI is InChI=1S/C15H18N4O/c1-11-14(17-10-18-15(11)20-2)19-8-7-16-9-12-5-3-4-6-13(12)19/h3-6,10,16H,7-9H2,1-2H3. The van der Waals surface area contributed by atoms with Crippen LogP contribution in [0.25, 0.3) is 0 Å². The zero-order chi connectivity index (χ0) is 13.9. The van der Waals surface area contributed by atoms with Gasteiger partial charge in [0.2, 0.25) is 5.88 Å². The summed E-state index contributed by atoms with van der Waals surface area (Å²) in [6.07, 6.45) is 1.56. The molecule has 0 saturated carbocycles. The van der Waals surface area contributed by atoms with E-state index in [1.54, 1.807) is 13.4 Å². The van der Waals surface area contributed by atoms with Gasteiger partial charge in [0.25, 0.3) is 0 Å². The highest BCUT2D eigenvalue weighted by Gasteiger charge is 2.20. The third-order valence-electron chi connectivity index (χ3n) is 3.57. The van der Waals surface area contributed by atoms with Gasteiger partial charge in [-0.2, -0.15) is 0 Å². The highest BCUT2D eigenvalue weighted by Crippen LogP contribution is 2.32. The Kier molecular flexibility index (Phi) is 3.52. The van der Waals surface area contributed by atoms with Gasteiger partial charge in [-0.3, -0.25) is 0 Å². The molecule has 3 rings (SSSR count). The van der Waals surface area contributed by atoms with Gasteiger partial charge in [-0.05, 0) is 18.6 Å². The van der Waals surface area contributed by atoms with Crippen molar-refractivity contribution < 1.29 is 4.74 Å². The van der Waals surface area contributed by atoms with Crippen LogP contribution in [-0.2, 0) is 6.54 Å². The summed E-state index contributed by atoms with van der Waals surface area (Å²) >= 11 is 0. The number of rotatable bonds is 2. The second-order valence-corrected chi connectivity index (χ2v) is 4.79. The molecule has 0 bridgehead atoms. The molecule has 0 atom stereocenters. The number of ether oxygens (including phenoxy) is 1. The molecule has 0 amide bonds. The normalized spacial score (nSPS) is 14.6. The Morgan fingerprint density at radius 2 is 2.10 bits per heavy atom. The van der Waals surface area contributed by atoms with E-state index in [2.05, 4.69) is 44.5 Å². The van der Waals surface area contributed by atoms with Crippen LogP contribution in [0.3, 0.4) is 0 Å². The van der Waals surface area contributed by atoms with Crippen LogP contribution in [0.1, 0.15) is 11.1 Å². The van der Waals surface area contributed by atoms with Crippen molar-refractivity contribution >= 4 is 11.5 Å². The van der Waals surface area contributed by atoms with Crippen molar-refractivity contribution in [3.05, 3.63) is 41.7 Å². The Balaban J connectivity index is 2.10. The van der Waals surface area contributed by atoms with E-state index in [0.717, 1.165) is 31.0 Å². The van der Waals surface area contributed by atoms with Crippen LogP contribution >= 0.6 is 0 Å². The first-order valence-corrected chi connectivity index (χ1v) is 6.73. The van der Waals surface area contributed by atoms with Gasteiger partial charge >= 0.3 is 0 Å². The number of fused-ring (bicyclic) bond motifs is 1. The number of para-hydroxylation sites is 1. The van der Waals surface area contributed by atoms with Crippen molar-refractivity contribution in [2.24, 2.45) is 0 Å². The summed E-state index contributed by atoms with van der Waals surface area (Å²) in [6.45, 7) is 4.67. The second kappa shape index (κ2) is 5.46. The van der Waals surface area contributed by atoms with Crippen molar-refractivity contribution in [2.75, 3.05) is 25.1 Å². The molecule has 0 spiro atoms. The van der Waals surface area contributed by atoms with Crippen molar-refractivity contribution in [1.82, 2.24) is 15.3 Å². The lowest BCUT2D eigenvalue weighted by Gasteiger charge is -2.25. The summed E-state index contributed by atoms with van der Waals surface area (Å²) in [5.41, 5.74) is 3.44. The first kappa shape index (κ1) is 12.9. The average molecular weight is 270 g/mol. The van der Waals surface area contributed by atoms with Crippen LogP contribution < -0.4 is 15.0 Å². The van der Waals surface area contributed by atoms with E-state index in [1.165, 1.54) is 11.3 Å². The predicted molar refractivity (Wildman–Crippen MR) is 78.5 cm³/mol. The van der Waals surface area contributed by atoms with E-state index in [-0.39, 0.29) is 0 Å². The Bertz CT molecular complexity index is 615. The molecule has 1 aliphatic rings. The fourth-order valence-electron chi connectivity index (χ4n) is 2.58. The summed E-state index contributed by atoms with van der Waals surface area (Å²) in [5, 5.41) is 3.43. The van der Waals surface area contributed by atoms with Gasteiger partial charge in [-0.15, -0.1) is 0 Å². The summed E-state index contributed by atoms with van der Waals surface area (Å²) < 4.78 is 5.30. The van der Waals surface area contributed by atoms with E-state index in [0.29, 0.717) is 5.88 Å². The smallest absolute Gasteiger partial charge is 0.221 e. The predicted octanol–water partition coefficient (Wildman–Crippen LogP) is 2.03. The average Bonchev–Trinajstić information content (AvgIpc) is 2.70. The number of benzene rings is 1. The molecule has 0 unspecified atom stereocenters. The summed E-state index contributed by atoms with van der Waals surface area (Å²) in [7, 11) is 1.64. The van der Waals surface area contributed by atoms with Gasteiger partial charge in [0.1, 0.15) is 12.1 Å². The van der Waals surface area contributed by atoms with E-state index in [9.17, 15) is 0 Å². The van der Waals surface area contributed by atoms with Gasteiger partial charge in [0.05, 0.1) is 12.7 Å². The number of methoxy groups -OCH3 is 1. The molecule has 1 N–H and O–H groups in total. The lowest BCUT2D eigenvalue weighted by Crippen LogP contribution is -2.26. The summed E-state index contributed by atoms with van der Waals surface area (Å²) in [5.74, 6) is 1.54. The largest absolute Gasteiger partial charge is 0.481 e. The molecule has 0 fully saturated rings. The molecule has 5 nitrogen and oxygen atoms in total. The summed E-state index contributed by atoms with van der Waals surface area (Å²) in [4.78, 5) is 10.8. The monoisotopic (exact) mass is 270 g/mol. The third-order valence-corrected chi connectivity index (χ3v) is 3.57.